The third kappa shape index (κ3) is 3.72. The summed E-state index contributed by atoms with van der Waals surface area (Å²) in [5.41, 5.74) is 2.20. The van der Waals surface area contributed by atoms with Gasteiger partial charge in [0.15, 0.2) is 0 Å². The second-order valence-corrected chi connectivity index (χ2v) is 4.39. The van der Waals surface area contributed by atoms with Gasteiger partial charge in [-0.1, -0.05) is 60.7 Å². The minimum absolute atomic E-state index is 0.0360. The summed E-state index contributed by atoms with van der Waals surface area (Å²) in [5.74, 6) is 0.868. The molecule has 1 atom stereocenters. The summed E-state index contributed by atoms with van der Waals surface area (Å²) >= 11 is 0. The molecule has 0 amide bonds. The van der Waals surface area contributed by atoms with Crippen LogP contribution in [-0.4, -0.2) is 13.7 Å². The maximum Gasteiger partial charge on any atom is 0.126 e. The van der Waals surface area contributed by atoms with Crippen molar-refractivity contribution in [2.24, 2.45) is 0 Å². The molecule has 0 fully saturated rings. The molecule has 1 unspecified atom stereocenters. The van der Waals surface area contributed by atoms with Gasteiger partial charge in [0, 0.05) is 12.2 Å². The molecule has 2 nitrogen and oxygen atoms in total. The summed E-state index contributed by atoms with van der Waals surface area (Å²) < 4.78 is 11.1. The standard InChI is InChI=1S/C18H20O2/c1-3-20-18(15-9-5-4-6-10-15)14-13-16-11-7-8-12-17(16)19-2/h4-14,18H,3H2,1-2H3. The largest absolute Gasteiger partial charge is 0.496 e. The Morgan fingerprint density at radius 2 is 1.70 bits per heavy atom. The van der Waals surface area contributed by atoms with Gasteiger partial charge in [0.05, 0.1) is 7.11 Å². The van der Waals surface area contributed by atoms with E-state index in [0.717, 1.165) is 16.9 Å². The van der Waals surface area contributed by atoms with Crippen molar-refractivity contribution in [3.63, 3.8) is 0 Å². The first kappa shape index (κ1) is 14.4. The molecule has 2 aromatic carbocycles. The highest BCUT2D eigenvalue weighted by Crippen LogP contribution is 2.23. The van der Waals surface area contributed by atoms with E-state index in [-0.39, 0.29) is 6.10 Å². The Morgan fingerprint density at radius 1 is 1.00 bits per heavy atom. The molecule has 0 saturated heterocycles. The molecular formula is C18H20O2. The number of methoxy groups -OCH3 is 1. The van der Waals surface area contributed by atoms with Crippen LogP contribution in [0.4, 0.5) is 0 Å². The van der Waals surface area contributed by atoms with Crippen molar-refractivity contribution in [1.29, 1.82) is 0 Å². The molecule has 0 bridgehead atoms. The minimum Gasteiger partial charge on any atom is -0.496 e. The van der Waals surface area contributed by atoms with E-state index in [4.69, 9.17) is 9.47 Å². The van der Waals surface area contributed by atoms with Crippen molar-refractivity contribution < 1.29 is 9.47 Å². The summed E-state index contributed by atoms with van der Waals surface area (Å²) in [4.78, 5) is 0. The molecule has 0 aliphatic heterocycles. The van der Waals surface area contributed by atoms with Crippen molar-refractivity contribution in [3.8, 4) is 5.75 Å². The number of rotatable bonds is 6. The van der Waals surface area contributed by atoms with E-state index in [9.17, 15) is 0 Å². The van der Waals surface area contributed by atoms with E-state index < -0.39 is 0 Å². The molecular weight excluding hydrogens is 248 g/mol. The first-order valence-electron chi connectivity index (χ1n) is 6.83. The predicted octanol–water partition coefficient (Wildman–Crippen LogP) is 4.49. The van der Waals surface area contributed by atoms with Crippen LogP contribution in [0, 0.1) is 0 Å². The molecule has 0 heterocycles. The Labute approximate surface area is 120 Å². The second-order valence-electron chi connectivity index (χ2n) is 4.39. The molecule has 0 aliphatic carbocycles. The zero-order chi connectivity index (χ0) is 14.2. The quantitative estimate of drug-likeness (QED) is 0.768. The van der Waals surface area contributed by atoms with Gasteiger partial charge in [0.25, 0.3) is 0 Å². The van der Waals surface area contributed by atoms with Crippen LogP contribution < -0.4 is 4.74 Å². The fourth-order valence-electron chi connectivity index (χ4n) is 2.08. The normalized spacial score (nSPS) is 12.5. The maximum absolute atomic E-state index is 5.80. The number of hydrogen-bond acceptors (Lipinski definition) is 2. The van der Waals surface area contributed by atoms with Crippen molar-refractivity contribution in [3.05, 3.63) is 71.8 Å². The van der Waals surface area contributed by atoms with Crippen LogP contribution in [0.5, 0.6) is 5.75 Å². The Morgan fingerprint density at radius 3 is 2.40 bits per heavy atom. The second kappa shape index (κ2) is 7.51. The molecule has 0 aliphatic rings. The number of benzene rings is 2. The number of para-hydroxylation sites is 1. The summed E-state index contributed by atoms with van der Waals surface area (Å²) in [6, 6.07) is 18.2. The van der Waals surface area contributed by atoms with Gasteiger partial charge in [-0.2, -0.15) is 0 Å². The first-order valence-corrected chi connectivity index (χ1v) is 6.83. The average Bonchev–Trinajstić information content (AvgIpc) is 2.52. The van der Waals surface area contributed by atoms with E-state index in [2.05, 4.69) is 18.2 Å². The first-order chi connectivity index (χ1) is 9.85. The van der Waals surface area contributed by atoms with Crippen LogP contribution in [0.2, 0.25) is 0 Å². The highest BCUT2D eigenvalue weighted by molar-refractivity contribution is 5.57. The molecule has 2 aromatic rings. The zero-order valence-electron chi connectivity index (χ0n) is 12.0. The molecule has 20 heavy (non-hydrogen) atoms. The van der Waals surface area contributed by atoms with Crippen LogP contribution in [0.15, 0.2) is 60.7 Å². The molecule has 0 saturated carbocycles. The Hall–Kier alpha value is -2.06. The summed E-state index contributed by atoms with van der Waals surface area (Å²) in [5, 5.41) is 0. The number of ether oxygens (including phenoxy) is 2. The molecule has 2 heteroatoms. The zero-order valence-corrected chi connectivity index (χ0v) is 12.0. The van der Waals surface area contributed by atoms with Crippen LogP contribution in [0.1, 0.15) is 24.2 Å². The molecule has 0 N–H and O–H groups in total. The fourth-order valence-corrected chi connectivity index (χ4v) is 2.08. The van der Waals surface area contributed by atoms with Gasteiger partial charge in [-0.15, -0.1) is 0 Å². The predicted molar refractivity (Wildman–Crippen MR) is 82.8 cm³/mol. The summed E-state index contributed by atoms with van der Waals surface area (Å²) in [6.07, 6.45) is 4.08. The van der Waals surface area contributed by atoms with E-state index in [1.54, 1.807) is 7.11 Å². The fraction of sp³-hybridized carbons (Fsp3) is 0.222. The van der Waals surface area contributed by atoms with Crippen LogP contribution in [0.25, 0.3) is 6.08 Å². The molecule has 2 rings (SSSR count). The molecule has 0 spiro atoms. The van der Waals surface area contributed by atoms with Gasteiger partial charge in [-0.05, 0) is 18.6 Å². The lowest BCUT2D eigenvalue weighted by Gasteiger charge is -2.13. The number of hydrogen-bond donors (Lipinski definition) is 0. The third-order valence-electron chi connectivity index (χ3n) is 3.06. The third-order valence-corrected chi connectivity index (χ3v) is 3.06. The highest BCUT2D eigenvalue weighted by Gasteiger charge is 2.07. The van der Waals surface area contributed by atoms with Gasteiger partial charge >= 0.3 is 0 Å². The maximum atomic E-state index is 5.80. The average molecular weight is 268 g/mol. The molecule has 104 valence electrons. The van der Waals surface area contributed by atoms with Crippen molar-refractivity contribution in [1.82, 2.24) is 0 Å². The molecule has 0 aromatic heterocycles. The summed E-state index contributed by atoms with van der Waals surface area (Å²) in [7, 11) is 1.68. The van der Waals surface area contributed by atoms with Gasteiger partial charge in [-0.3, -0.25) is 0 Å². The SMILES string of the molecule is CCOC(C=Cc1ccccc1OC)c1ccccc1. The lowest BCUT2D eigenvalue weighted by Crippen LogP contribution is -2.00. The Kier molecular flexibility index (Phi) is 5.39. The Balaban J connectivity index is 2.22. The van der Waals surface area contributed by atoms with Crippen molar-refractivity contribution >= 4 is 6.08 Å². The Bertz CT molecular complexity index is 546. The van der Waals surface area contributed by atoms with E-state index in [1.807, 2.05) is 55.5 Å². The van der Waals surface area contributed by atoms with Gasteiger partial charge < -0.3 is 9.47 Å². The van der Waals surface area contributed by atoms with Crippen LogP contribution in [-0.2, 0) is 4.74 Å². The van der Waals surface area contributed by atoms with Crippen LogP contribution >= 0.6 is 0 Å². The highest BCUT2D eigenvalue weighted by atomic mass is 16.5. The van der Waals surface area contributed by atoms with Crippen LogP contribution in [0.3, 0.4) is 0 Å². The summed E-state index contributed by atoms with van der Waals surface area (Å²) in [6.45, 7) is 2.68. The van der Waals surface area contributed by atoms with Gasteiger partial charge in [0.1, 0.15) is 11.9 Å². The van der Waals surface area contributed by atoms with Gasteiger partial charge in [0.2, 0.25) is 0 Å². The van der Waals surface area contributed by atoms with E-state index in [1.165, 1.54) is 0 Å². The minimum atomic E-state index is -0.0360. The van der Waals surface area contributed by atoms with E-state index in [0.29, 0.717) is 6.61 Å². The lowest BCUT2D eigenvalue weighted by molar-refractivity contribution is 0.0973. The monoisotopic (exact) mass is 268 g/mol. The topological polar surface area (TPSA) is 18.5 Å². The smallest absolute Gasteiger partial charge is 0.126 e. The lowest BCUT2D eigenvalue weighted by atomic mass is 10.1. The van der Waals surface area contributed by atoms with Crippen molar-refractivity contribution in [2.75, 3.05) is 13.7 Å². The van der Waals surface area contributed by atoms with Gasteiger partial charge in [-0.25, -0.2) is 0 Å². The van der Waals surface area contributed by atoms with Crippen molar-refractivity contribution in [2.45, 2.75) is 13.0 Å². The molecule has 0 radical (unpaired) electrons. The van der Waals surface area contributed by atoms with E-state index >= 15 is 0 Å².